The predicted molar refractivity (Wildman–Crippen MR) is 46.3 cm³/mol. The van der Waals surface area contributed by atoms with Crippen molar-refractivity contribution in [3.8, 4) is 0 Å². The number of likely N-dealkylation sites (tertiary alicyclic amines) is 1. The van der Waals surface area contributed by atoms with Gasteiger partial charge in [0.15, 0.2) is 0 Å². The molecular formula is C9H18N2. The van der Waals surface area contributed by atoms with Crippen molar-refractivity contribution in [2.75, 3.05) is 7.05 Å². The zero-order chi connectivity index (χ0) is 8.01. The van der Waals surface area contributed by atoms with Crippen molar-refractivity contribution in [2.45, 2.75) is 44.3 Å². The lowest BCUT2D eigenvalue weighted by atomic mass is 9.93. The first kappa shape index (κ1) is 7.56. The number of hydrogen-bond donors (Lipinski definition) is 1. The van der Waals surface area contributed by atoms with E-state index in [1.165, 1.54) is 19.3 Å². The summed E-state index contributed by atoms with van der Waals surface area (Å²) < 4.78 is 0. The van der Waals surface area contributed by atoms with Gasteiger partial charge < -0.3 is 10.6 Å². The van der Waals surface area contributed by atoms with Gasteiger partial charge in [0.25, 0.3) is 0 Å². The van der Waals surface area contributed by atoms with Crippen LogP contribution in [0.4, 0.5) is 0 Å². The summed E-state index contributed by atoms with van der Waals surface area (Å²) in [4.78, 5) is 2.54. The molecule has 2 rings (SSSR count). The molecule has 0 radical (unpaired) electrons. The maximum atomic E-state index is 6.02. The second kappa shape index (κ2) is 2.46. The fraction of sp³-hybridized carbons (Fsp3) is 1.00. The summed E-state index contributed by atoms with van der Waals surface area (Å²) in [6.45, 7) is 2.27. The highest BCUT2D eigenvalue weighted by Crippen LogP contribution is 2.41. The largest absolute Gasteiger partial charge is 0.327 e. The number of rotatable bonds is 1. The van der Waals surface area contributed by atoms with Gasteiger partial charge in [-0.05, 0) is 32.2 Å². The predicted octanol–water partition coefficient (Wildman–Crippen LogP) is 0.816. The zero-order valence-electron chi connectivity index (χ0n) is 7.46. The van der Waals surface area contributed by atoms with Crippen molar-refractivity contribution in [3.63, 3.8) is 0 Å². The summed E-state index contributed by atoms with van der Waals surface area (Å²) in [6, 6.07) is 2.09. The fourth-order valence-corrected chi connectivity index (χ4v) is 3.01. The van der Waals surface area contributed by atoms with Crippen LogP contribution in [0.15, 0.2) is 0 Å². The molecule has 1 aliphatic carbocycles. The highest BCUT2D eigenvalue weighted by molar-refractivity contribution is 5.03. The lowest BCUT2D eigenvalue weighted by molar-refractivity contribution is 0.157. The highest BCUT2D eigenvalue weighted by Gasteiger charge is 2.47. The van der Waals surface area contributed by atoms with Gasteiger partial charge in [-0.3, -0.25) is 0 Å². The first-order valence-corrected chi connectivity index (χ1v) is 4.71. The molecule has 2 unspecified atom stereocenters. The van der Waals surface area contributed by atoms with Gasteiger partial charge in [-0.25, -0.2) is 0 Å². The van der Waals surface area contributed by atoms with Gasteiger partial charge in [-0.2, -0.15) is 0 Å². The lowest BCUT2D eigenvalue weighted by Gasteiger charge is -2.34. The van der Waals surface area contributed by atoms with Crippen molar-refractivity contribution >= 4 is 0 Å². The smallest absolute Gasteiger partial charge is 0.0136 e. The van der Waals surface area contributed by atoms with E-state index < -0.39 is 0 Å². The summed E-state index contributed by atoms with van der Waals surface area (Å²) >= 11 is 0. The van der Waals surface area contributed by atoms with Crippen molar-refractivity contribution in [1.82, 2.24) is 4.90 Å². The van der Waals surface area contributed by atoms with Crippen LogP contribution in [0.5, 0.6) is 0 Å². The van der Waals surface area contributed by atoms with Crippen LogP contribution in [0, 0.1) is 5.92 Å². The van der Waals surface area contributed by atoms with Crippen molar-refractivity contribution in [3.05, 3.63) is 0 Å². The van der Waals surface area contributed by atoms with Crippen LogP contribution in [0.25, 0.3) is 0 Å². The van der Waals surface area contributed by atoms with Gasteiger partial charge >= 0.3 is 0 Å². The number of piperidine rings is 1. The molecule has 2 heteroatoms. The molecule has 1 saturated heterocycles. The fourth-order valence-electron chi connectivity index (χ4n) is 3.01. The SMILES string of the molecule is CC[C@H]1C2CC(C[C@H]2N)N1C. The Morgan fingerprint density at radius 3 is 2.64 bits per heavy atom. The van der Waals surface area contributed by atoms with Gasteiger partial charge in [-0.1, -0.05) is 6.92 Å². The maximum absolute atomic E-state index is 6.02. The minimum Gasteiger partial charge on any atom is -0.327 e. The highest BCUT2D eigenvalue weighted by atomic mass is 15.2. The van der Waals surface area contributed by atoms with Crippen LogP contribution in [0.1, 0.15) is 26.2 Å². The summed E-state index contributed by atoms with van der Waals surface area (Å²) in [5, 5.41) is 0. The second-order valence-corrected chi connectivity index (χ2v) is 4.09. The third-order valence-corrected chi connectivity index (χ3v) is 3.65. The first-order valence-electron chi connectivity index (χ1n) is 4.71. The molecule has 2 nitrogen and oxygen atoms in total. The summed E-state index contributed by atoms with van der Waals surface area (Å²) in [5.74, 6) is 0.801. The number of nitrogens with zero attached hydrogens (tertiary/aromatic N) is 1. The first-order chi connectivity index (χ1) is 5.24. The van der Waals surface area contributed by atoms with Gasteiger partial charge in [0.1, 0.15) is 0 Å². The summed E-state index contributed by atoms with van der Waals surface area (Å²) in [5.41, 5.74) is 6.02. The molecular weight excluding hydrogens is 136 g/mol. The van der Waals surface area contributed by atoms with E-state index in [0.29, 0.717) is 6.04 Å². The standard InChI is InChI=1S/C9H18N2/c1-3-9-7-4-6(11(9)2)5-8(7)10/h6-9H,3-5,10H2,1-2H3/t6?,7?,8-,9+/m1/s1. The van der Waals surface area contributed by atoms with Crippen molar-refractivity contribution in [2.24, 2.45) is 11.7 Å². The van der Waals surface area contributed by atoms with Gasteiger partial charge in [0.05, 0.1) is 0 Å². The Bertz CT molecular complexity index is 158. The molecule has 0 amide bonds. The molecule has 1 aliphatic heterocycles. The normalized spacial score (nSPS) is 50.5. The summed E-state index contributed by atoms with van der Waals surface area (Å²) in [6.07, 6.45) is 3.86. The molecule has 2 N–H and O–H groups in total. The average molecular weight is 154 g/mol. The number of hydrogen-bond acceptors (Lipinski definition) is 2. The molecule has 0 spiro atoms. The summed E-state index contributed by atoms with van der Waals surface area (Å²) in [7, 11) is 2.25. The van der Waals surface area contributed by atoms with Crippen LogP contribution < -0.4 is 5.73 Å². The van der Waals surface area contributed by atoms with Crippen molar-refractivity contribution < 1.29 is 0 Å². The van der Waals surface area contributed by atoms with E-state index in [1.807, 2.05) is 0 Å². The van der Waals surface area contributed by atoms with Gasteiger partial charge in [0, 0.05) is 18.1 Å². The van der Waals surface area contributed by atoms with Gasteiger partial charge in [0.2, 0.25) is 0 Å². The minimum atomic E-state index is 0.501. The Hall–Kier alpha value is -0.0800. The van der Waals surface area contributed by atoms with Gasteiger partial charge in [-0.15, -0.1) is 0 Å². The topological polar surface area (TPSA) is 29.3 Å². The maximum Gasteiger partial charge on any atom is 0.0136 e. The quantitative estimate of drug-likeness (QED) is 0.606. The molecule has 4 atom stereocenters. The van der Waals surface area contributed by atoms with E-state index >= 15 is 0 Å². The van der Waals surface area contributed by atoms with E-state index in [0.717, 1.165) is 18.0 Å². The third kappa shape index (κ3) is 0.926. The Labute approximate surface area is 68.7 Å². The molecule has 1 saturated carbocycles. The van der Waals surface area contributed by atoms with Crippen LogP contribution in [-0.4, -0.2) is 30.1 Å². The molecule has 0 aromatic carbocycles. The molecule has 64 valence electrons. The Morgan fingerprint density at radius 2 is 2.18 bits per heavy atom. The molecule has 0 aromatic rings. The van der Waals surface area contributed by atoms with E-state index in [4.69, 9.17) is 5.73 Å². The van der Waals surface area contributed by atoms with E-state index in [1.54, 1.807) is 0 Å². The second-order valence-electron chi connectivity index (χ2n) is 4.09. The number of nitrogens with two attached hydrogens (primary N) is 1. The monoisotopic (exact) mass is 154 g/mol. The van der Waals surface area contributed by atoms with Crippen LogP contribution >= 0.6 is 0 Å². The van der Waals surface area contributed by atoms with E-state index in [2.05, 4.69) is 18.9 Å². The molecule has 2 fully saturated rings. The molecule has 2 aliphatic rings. The van der Waals surface area contributed by atoms with Crippen molar-refractivity contribution in [1.29, 1.82) is 0 Å². The molecule has 0 aromatic heterocycles. The number of fused-ring (bicyclic) bond motifs is 2. The molecule has 1 heterocycles. The molecule has 11 heavy (non-hydrogen) atoms. The van der Waals surface area contributed by atoms with E-state index in [9.17, 15) is 0 Å². The Morgan fingerprint density at radius 1 is 1.45 bits per heavy atom. The van der Waals surface area contributed by atoms with Crippen LogP contribution in [-0.2, 0) is 0 Å². The van der Waals surface area contributed by atoms with E-state index in [-0.39, 0.29) is 0 Å². The Balaban J connectivity index is 2.13. The minimum absolute atomic E-state index is 0.501. The van der Waals surface area contributed by atoms with Crippen LogP contribution in [0.2, 0.25) is 0 Å². The zero-order valence-corrected chi connectivity index (χ0v) is 7.46. The third-order valence-electron chi connectivity index (χ3n) is 3.65. The lowest BCUT2D eigenvalue weighted by Crippen LogP contribution is -2.46. The van der Waals surface area contributed by atoms with Crippen LogP contribution in [0.3, 0.4) is 0 Å². The Kier molecular flexibility index (Phi) is 1.69. The average Bonchev–Trinajstić information content (AvgIpc) is 2.45. The molecule has 2 bridgehead atoms.